The van der Waals surface area contributed by atoms with Gasteiger partial charge in [-0.05, 0) is 36.8 Å². The van der Waals surface area contributed by atoms with Gasteiger partial charge in [-0.1, -0.05) is 6.07 Å². The molecule has 6 nitrogen and oxygen atoms in total. The monoisotopic (exact) mass is 302 g/mol. The molecule has 0 aliphatic heterocycles. The van der Waals surface area contributed by atoms with E-state index in [1.54, 1.807) is 26.4 Å². The number of methoxy groups -OCH3 is 2. The minimum absolute atomic E-state index is 0.225. The highest BCUT2D eigenvalue weighted by atomic mass is 16.5. The van der Waals surface area contributed by atoms with Crippen LogP contribution in [0.5, 0.6) is 11.5 Å². The third-order valence-electron chi connectivity index (χ3n) is 3.00. The van der Waals surface area contributed by atoms with Crippen molar-refractivity contribution in [1.82, 2.24) is 5.43 Å². The van der Waals surface area contributed by atoms with Crippen LogP contribution in [0, 0.1) is 0 Å². The maximum Gasteiger partial charge on any atom is 0.307 e. The molecule has 2 rings (SSSR count). The second kappa shape index (κ2) is 7.31. The molecule has 6 heteroatoms. The van der Waals surface area contributed by atoms with Gasteiger partial charge in [-0.2, -0.15) is 5.10 Å². The molecule has 1 heterocycles. The zero-order valence-electron chi connectivity index (χ0n) is 12.8. The van der Waals surface area contributed by atoms with Gasteiger partial charge in [-0.25, -0.2) is 5.43 Å². The van der Waals surface area contributed by atoms with Gasteiger partial charge in [0, 0.05) is 12.1 Å². The molecule has 1 aromatic carbocycles. The summed E-state index contributed by atoms with van der Waals surface area (Å²) in [6.45, 7) is 1.83. The number of amides is 1. The van der Waals surface area contributed by atoms with Gasteiger partial charge in [0.25, 0.3) is 0 Å². The molecule has 0 radical (unpaired) electrons. The standard InChI is InChI=1S/C16H18N2O4/c1-11(17-18-16(19)14-5-4-8-22-14)9-12-6-7-13(20-2)15(10-12)21-3/h4-8,10H,9H2,1-3H3,(H,18,19)/b17-11-. The van der Waals surface area contributed by atoms with Crippen LogP contribution in [0.15, 0.2) is 46.1 Å². The molecular weight excluding hydrogens is 284 g/mol. The van der Waals surface area contributed by atoms with Crippen LogP contribution in [0.1, 0.15) is 23.0 Å². The third-order valence-corrected chi connectivity index (χ3v) is 3.00. The minimum atomic E-state index is -0.378. The van der Waals surface area contributed by atoms with E-state index in [0.717, 1.165) is 11.3 Å². The quantitative estimate of drug-likeness (QED) is 0.657. The molecule has 1 aromatic heterocycles. The van der Waals surface area contributed by atoms with E-state index in [1.807, 2.05) is 25.1 Å². The van der Waals surface area contributed by atoms with Crippen molar-refractivity contribution < 1.29 is 18.7 Å². The average molecular weight is 302 g/mol. The third kappa shape index (κ3) is 3.88. The number of hydrogen-bond donors (Lipinski definition) is 1. The van der Waals surface area contributed by atoms with E-state index in [4.69, 9.17) is 13.9 Å². The molecule has 116 valence electrons. The normalized spacial score (nSPS) is 11.1. The van der Waals surface area contributed by atoms with Crippen LogP contribution < -0.4 is 14.9 Å². The molecule has 0 aliphatic carbocycles. The van der Waals surface area contributed by atoms with Crippen LogP contribution in [-0.2, 0) is 6.42 Å². The Morgan fingerprint density at radius 2 is 2.00 bits per heavy atom. The van der Waals surface area contributed by atoms with Crippen LogP contribution >= 0.6 is 0 Å². The number of benzene rings is 1. The van der Waals surface area contributed by atoms with Gasteiger partial charge >= 0.3 is 5.91 Å². The summed E-state index contributed by atoms with van der Waals surface area (Å²) in [5.41, 5.74) is 4.22. The summed E-state index contributed by atoms with van der Waals surface area (Å²) in [7, 11) is 3.18. The van der Waals surface area contributed by atoms with Crippen LogP contribution in [-0.4, -0.2) is 25.8 Å². The van der Waals surface area contributed by atoms with E-state index in [-0.39, 0.29) is 11.7 Å². The summed E-state index contributed by atoms with van der Waals surface area (Å²) < 4.78 is 15.4. The molecule has 0 atom stereocenters. The fourth-order valence-electron chi connectivity index (χ4n) is 1.93. The summed E-state index contributed by atoms with van der Waals surface area (Å²) >= 11 is 0. The van der Waals surface area contributed by atoms with Gasteiger partial charge in [0.1, 0.15) is 0 Å². The van der Waals surface area contributed by atoms with E-state index in [0.29, 0.717) is 17.9 Å². The number of nitrogens with one attached hydrogen (secondary N) is 1. The van der Waals surface area contributed by atoms with Gasteiger partial charge in [0.15, 0.2) is 17.3 Å². The number of carbonyl (C=O) groups excluding carboxylic acids is 1. The summed E-state index contributed by atoms with van der Waals surface area (Å²) in [6, 6.07) is 8.87. The lowest BCUT2D eigenvalue weighted by Crippen LogP contribution is -2.19. The summed E-state index contributed by atoms with van der Waals surface area (Å²) in [5, 5.41) is 4.06. The second-order valence-corrected chi connectivity index (χ2v) is 4.63. The zero-order chi connectivity index (χ0) is 15.9. The van der Waals surface area contributed by atoms with Crippen molar-refractivity contribution >= 4 is 11.6 Å². The molecule has 0 spiro atoms. The Hall–Kier alpha value is -2.76. The molecule has 0 unspecified atom stereocenters. The van der Waals surface area contributed by atoms with Crippen molar-refractivity contribution in [2.75, 3.05) is 14.2 Å². The minimum Gasteiger partial charge on any atom is -0.493 e. The SMILES string of the molecule is COc1ccc(C/C(C)=N\NC(=O)c2ccco2)cc1OC. The molecule has 0 bridgehead atoms. The lowest BCUT2D eigenvalue weighted by molar-refractivity contribution is 0.0927. The van der Waals surface area contributed by atoms with Crippen molar-refractivity contribution in [2.45, 2.75) is 13.3 Å². The van der Waals surface area contributed by atoms with Crippen molar-refractivity contribution in [3.63, 3.8) is 0 Å². The van der Waals surface area contributed by atoms with Crippen LogP contribution in [0.4, 0.5) is 0 Å². The number of rotatable bonds is 6. The van der Waals surface area contributed by atoms with Crippen LogP contribution in [0.2, 0.25) is 0 Å². The Labute approximate surface area is 128 Å². The smallest absolute Gasteiger partial charge is 0.307 e. The van der Waals surface area contributed by atoms with E-state index in [2.05, 4.69) is 10.5 Å². The summed E-state index contributed by atoms with van der Waals surface area (Å²) in [6.07, 6.45) is 2.02. The Morgan fingerprint density at radius 3 is 2.64 bits per heavy atom. The molecule has 0 fully saturated rings. The van der Waals surface area contributed by atoms with Crippen molar-refractivity contribution in [2.24, 2.45) is 5.10 Å². The highest BCUT2D eigenvalue weighted by Gasteiger charge is 2.08. The Kier molecular flexibility index (Phi) is 5.19. The number of hydrogen-bond acceptors (Lipinski definition) is 5. The van der Waals surface area contributed by atoms with E-state index >= 15 is 0 Å². The first-order chi connectivity index (χ1) is 10.6. The maximum absolute atomic E-state index is 11.7. The van der Waals surface area contributed by atoms with E-state index in [9.17, 15) is 4.79 Å². The first kappa shape index (κ1) is 15.6. The van der Waals surface area contributed by atoms with Crippen LogP contribution in [0.3, 0.4) is 0 Å². The number of carbonyl (C=O) groups is 1. The lowest BCUT2D eigenvalue weighted by Gasteiger charge is -2.09. The zero-order valence-corrected chi connectivity index (χ0v) is 12.8. The van der Waals surface area contributed by atoms with Gasteiger partial charge in [-0.15, -0.1) is 0 Å². The van der Waals surface area contributed by atoms with Crippen LogP contribution in [0.25, 0.3) is 0 Å². The number of hydrazone groups is 1. The predicted molar refractivity (Wildman–Crippen MR) is 82.5 cm³/mol. The molecular formula is C16H18N2O4. The topological polar surface area (TPSA) is 73.1 Å². The fourth-order valence-corrected chi connectivity index (χ4v) is 1.93. The molecule has 1 amide bonds. The molecule has 22 heavy (non-hydrogen) atoms. The van der Waals surface area contributed by atoms with Crippen molar-refractivity contribution in [1.29, 1.82) is 0 Å². The highest BCUT2D eigenvalue weighted by Crippen LogP contribution is 2.27. The number of ether oxygens (including phenoxy) is 2. The Bertz CT molecular complexity index is 663. The van der Waals surface area contributed by atoms with E-state index < -0.39 is 0 Å². The Morgan fingerprint density at radius 1 is 1.23 bits per heavy atom. The maximum atomic E-state index is 11.7. The molecule has 0 saturated heterocycles. The second-order valence-electron chi connectivity index (χ2n) is 4.63. The van der Waals surface area contributed by atoms with Gasteiger partial charge in [0.05, 0.1) is 20.5 Å². The molecule has 2 aromatic rings. The Balaban J connectivity index is 2.00. The number of nitrogens with zero attached hydrogens (tertiary/aromatic N) is 1. The lowest BCUT2D eigenvalue weighted by atomic mass is 10.1. The first-order valence-corrected chi connectivity index (χ1v) is 6.72. The van der Waals surface area contributed by atoms with Gasteiger partial charge < -0.3 is 13.9 Å². The summed E-state index contributed by atoms with van der Waals surface area (Å²) in [4.78, 5) is 11.7. The van der Waals surface area contributed by atoms with Crippen molar-refractivity contribution in [3.8, 4) is 11.5 Å². The van der Waals surface area contributed by atoms with E-state index in [1.165, 1.54) is 6.26 Å². The molecule has 0 aliphatic rings. The predicted octanol–water partition coefficient (Wildman–Crippen LogP) is 2.65. The average Bonchev–Trinajstić information content (AvgIpc) is 3.07. The molecule has 0 saturated carbocycles. The van der Waals surface area contributed by atoms with Crippen molar-refractivity contribution in [3.05, 3.63) is 47.9 Å². The molecule has 1 N–H and O–H groups in total. The first-order valence-electron chi connectivity index (χ1n) is 6.72. The fraction of sp³-hybridized carbons (Fsp3) is 0.250. The highest BCUT2D eigenvalue weighted by molar-refractivity contribution is 5.93. The van der Waals surface area contributed by atoms with Gasteiger partial charge in [0.2, 0.25) is 0 Å². The van der Waals surface area contributed by atoms with Gasteiger partial charge in [-0.3, -0.25) is 4.79 Å². The summed E-state index contributed by atoms with van der Waals surface area (Å²) in [5.74, 6) is 1.18. The largest absolute Gasteiger partial charge is 0.493 e. The number of furan rings is 1.